The third kappa shape index (κ3) is 3.60. The molecular formula is C17H11ClINO3S. The first-order chi connectivity index (χ1) is 11.5. The van der Waals surface area contributed by atoms with Gasteiger partial charge in [-0.1, -0.05) is 29.8 Å². The highest BCUT2D eigenvalue weighted by atomic mass is 127. The van der Waals surface area contributed by atoms with Gasteiger partial charge in [-0.25, -0.2) is 0 Å². The van der Waals surface area contributed by atoms with Crippen LogP contribution in [0, 0.1) is 3.57 Å². The first-order valence-corrected chi connectivity index (χ1v) is 9.20. The van der Waals surface area contributed by atoms with Crippen molar-refractivity contribution in [3.63, 3.8) is 0 Å². The third-order valence-electron chi connectivity index (χ3n) is 3.44. The van der Waals surface area contributed by atoms with Crippen molar-refractivity contribution in [2.75, 3.05) is 0 Å². The summed E-state index contributed by atoms with van der Waals surface area (Å²) in [6, 6.07) is 12.2. The molecule has 122 valence electrons. The summed E-state index contributed by atoms with van der Waals surface area (Å²) in [7, 11) is 0. The number of carbonyl (C=O) groups is 2. The van der Waals surface area contributed by atoms with Crippen molar-refractivity contribution in [3.05, 3.63) is 67.1 Å². The highest BCUT2D eigenvalue weighted by molar-refractivity contribution is 14.1. The van der Waals surface area contributed by atoms with Gasteiger partial charge in [-0.3, -0.25) is 14.5 Å². The molecule has 1 fully saturated rings. The number of benzene rings is 2. The fourth-order valence-corrected chi connectivity index (χ4v) is 3.76. The highest BCUT2D eigenvalue weighted by Crippen LogP contribution is 2.35. The van der Waals surface area contributed by atoms with Gasteiger partial charge < -0.3 is 5.11 Å². The highest BCUT2D eigenvalue weighted by Gasteiger charge is 2.35. The number of phenolic OH excluding ortho intramolecular Hbond substituents is 1. The molecule has 0 saturated carbocycles. The van der Waals surface area contributed by atoms with Crippen molar-refractivity contribution in [2.45, 2.75) is 6.54 Å². The number of amides is 2. The minimum Gasteiger partial charge on any atom is -0.507 e. The molecule has 2 amide bonds. The van der Waals surface area contributed by atoms with Crippen LogP contribution in [0.15, 0.2) is 47.4 Å². The Morgan fingerprint density at radius 2 is 1.96 bits per heavy atom. The number of aromatic hydroxyl groups is 1. The summed E-state index contributed by atoms with van der Waals surface area (Å²) >= 11 is 9.07. The van der Waals surface area contributed by atoms with Gasteiger partial charge in [0.05, 0.1) is 11.4 Å². The van der Waals surface area contributed by atoms with Crippen LogP contribution in [0.2, 0.25) is 5.02 Å². The molecule has 2 aromatic rings. The summed E-state index contributed by atoms with van der Waals surface area (Å²) in [5.41, 5.74) is 1.21. The molecule has 0 atom stereocenters. The van der Waals surface area contributed by atoms with E-state index in [1.54, 1.807) is 42.5 Å². The zero-order chi connectivity index (χ0) is 17.3. The van der Waals surface area contributed by atoms with Gasteiger partial charge in [0.15, 0.2) is 0 Å². The fourth-order valence-electron chi connectivity index (χ4n) is 2.22. The maximum Gasteiger partial charge on any atom is 0.293 e. The molecule has 0 spiro atoms. The van der Waals surface area contributed by atoms with E-state index in [0.29, 0.717) is 16.1 Å². The van der Waals surface area contributed by atoms with Gasteiger partial charge in [-0.2, -0.15) is 0 Å². The number of phenols is 1. The largest absolute Gasteiger partial charge is 0.507 e. The lowest BCUT2D eigenvalue weighted by Crippen LogP contribution is -2.27. The summed E-state index contributed by atoms with van der Waals surface area (Å²) in [5.74, 6) is -0.323. The van der Waals surface area contributed by atoms with E-state index < -0.39 is 0 Å². The Kier molecular flexibility index (Phi) is 5.17. The molecule has 1 N–H and O–H groups in total. The van der Waals surface area contributed by atoms with E-state index in [-0.39, 0.29) is 28.3 Å². The number of nitrogens with zero attached hydrogens (tertiary/aromatic N) is 1. The van der Waals surface area contributed by atoms with E-state index in [0.717, 1.165) is 20.2 Å². The second kappa shape index (κ2) is 7.16. The average molecular weight is 472 g/mol. The van der Waals surface area contributed by atoms with Crippen molar-refractivity contribution >= 4 is 63.2 Å². The number of hydrogen-bond acceptors (Lipinski definition) is 4. The monoisotopic (exact) mass is 471 g/mol. The van der Waals surface area contributed by atoms with Gasteiger partial charge in [-0.15, -0.1) is 0 Å². The lowest BCUT2D eigenvalue weighted by molar-refractivity contribution is -0.123. The molecule has 0 radical (unpaired) electrons. The summed E-state index contributed by atoms with van der Waals surface area (Å²) < 4.78 is 0.923. The fraction of sp³-hybridized carbons (Fsp3) is 0.0588. The molecular weight excluding hydrogens is 461 g/mol. The number of rotatable bonds is 3. The molecule has 1 aliphatic heterocycles. The average Bonchev–Trinajstić information content (AvgIpc) is 2.80. The first-order valence-electron chi connectivity index (χ1n) is 6.93. The minimum absolute atomic E-state index is 0.0633. The molecule has 3 rings (SSSR count). The molecule has 0 aromatic heterocycles. The van der Waals surface area contributed by atoms with Crippen LogP contribution >= 0.6 is 46.0 Å². The zero-order valence-electron chi connectivity index (χ0n) is 12.2. The van der Waals surface area contributed by atoms with Crippen LogP contribution in [0.25, 0.3) is 6.08 Å². The molecule has 1 aliphatic rings. The molecule has 2 aromatic carbocycles. The topological polar surface area (TPSA) is 57.6 Å². The zero-order valence-corrected chi connectivity index (χ0v) is 15.9. The predicted octanol–water partition coefficient (Wildman–Crippen LogP) is 4.89. The molecule has 1 saturated heterocycles. The maximum absolute atomic E-state index is 12.5. The van der Waals surface area contributed by atoms with Crippen molar-refractivity contribution in [3.8, 4) is 5.75 Å². The molecule has 1 heterocycles. The van der Waals surface area contributed by atoms with Crippen LogP contribution < -0.4 is 0 Å². The lowest BCUT2D eigenvalue weighted by atomic mass is 10.2. The number of thioether (sulfide) groups is 1. The number of hydrogen-bond donors (Lipinski definition) is 1. The minimum atomic E-state index is -0.386. The van der Waals surface area contributed by atoms with E-state index in [9.17, 15) is 14.7 Å². The van der Waals surface area contributed by atoms with Crippen LogP contribution in [-0.4, -0.2) is 21.2 Å². The Labute approximate surface area is 161 Å². The van der Waals surface area contributed by atoms with E-state index in [4.69, 9.17) is 11.6 Å². The summed E-state index contributed by atoms with van der Waals surface area (Å²) in [6.07, 6.45) is 1.54. The quantitative estimate of drug-likeness (QED) is 0.512. The van der Waals surface area contributed by atoms with Crippen molar-refractivity contribution in [1.29, 1.82) is 0 Å². The Balaban J connectivity index is 1.88. The van der Waals surface area contributed by atoms with E-state index in [2.05, 4.69) is 22.6 Å². The first kappa shape index (κ1) is 17.3. The van der Waals surface area contributed by atoms with Crippen LogP contribution in [0.1, 0.15) is 11.1 Å². The third-order valence-corrected chi connectivity index (χ3v) is 5.38. The molecule has 0 unspecified atom stereocenters. The maximum atomic E-state index is 12.5. The Bertz CT molecular complexity index is 869. The van der Waals surface area contributed by atoms with Crippen molar-refractivity contribution in [2.24, 2.45) is 0 Å². The van der Waals surface area contributed by atoms with Gasteiger partial charge in [0.25, 0.3) is 11.1 Å². The van der Waals surface area contributed by atoms with Crippen molar-refractivity contribution < 1.29 is 14.7 Å². The standard InChI is InChI=1S/C17H11ClINO3S/c18-13-4-2-1-3-10(13)9-20-16(22)15(24-17(20)23)8-11-7-12(19)5-6-14(11)21/h1-8,21H,9H2/b15-8-. The summed E-state index contributed by atoms with van der Waals surface area (Å²) in [6.45, 7) is 0.125. The number of imide groups is 1. The second-order valence-electron chi connectivity index (χ2n) is 5.06. The van der Waals surface area contributed by atoms with Crippen LogP contribution in [0.3, 0.4) is 0 Å². The number of carbonyl (C=O) groups excluding carboxylic acids is 2. The Hall–Kier alpha value is -1.51. The smallest absolute Gasteiger partial charge is 0.293 e. The normalized spacial score (nSPS) is 16.2. The van der Waals surface area contributed by atoms with E-state index in [1.807, 2.05) is 0 Å². The Morgan fingerprint density at radius 3 is 2.71 bits per heavy atom. The van der Waals surface area contributed by atoms with Gasteiger partial charge in [0, 0.05) is 14.2 Å². The number of halogens is 2. The molecule has 0 bridgehead atoms. The van der Waals surface area contributed by atoms with Crippen LogP contribution in [0.5, 0.6) is 5.75 Å². The summed E-state index contributed by atoms with van der Waals surface area (Å²) in [4.78, 5) is 26.1. The Morgan fingerprint density at radius 1 is 1.21 bits per heavy atom. The van der Waals surface area contributed by atoms with Gasteiger partial charge in [0.1, 0.15) is 5.75 Å². The SMILES string of the molecule is O=C1S/C(=C\c2cc(I)ccc2O)C(=O)N1Cc1ccccc1Cl. The van der Waals surface area contributed by atoms with Gasteiger partial charge in [0.2, 0.25) is 0 Å². The van der Waals surface area contributed by atoms with E-state index >= 15 is 0 Å². The molecule has 4 nitrogen and oxygen atoms in total. The molecule has 0 aliphatic carbocycles. The van der Waals surface area contributed by atoms with Gasteiger partial charge >= 0.3 is 0 Å². The van der Waals surface area contributed by atoms with Crippen molar-refractivity contribution in [1.82, 2.24) is 4.90 Å². The van der Waals surface area contributed by atoms with E-state index in [1.165, 1.54) is 6.08 Å². The molecule has 7 heteroatoms. The van der Waals surface area contributed by atoms with Gasteiger partial charge in [-0.05, 0) is 70.3 Å². The predicted molar refractivity (Wildman–Crippen MR) is 104 cm³/mol. The second-order valence-corrected chi connectivity index (χ2v) is 7.71. The van der Waals surface area contributed by atoms with Crippen LogP contribution in [0.4, 0.5) is 4.79 Å². The lowest BCUT2D eigenvalue weighted by Gasteiger charge is -2.13. The van der Waals surface area contributed by atoms with Crippen LogP contribution in [-0.2, 0) is 11.3 Å². The molecule has 24 heavy (non-hydrogen) atoms. The summed E-state index contributed by atoms with van der Waals surface area (Å²) in [5, 5.41) is 10.1.